The van der Waals surface area contributed by atoms with Crippen LogP contribution in [0.3, 0.4) is 0 Å². The van der Waals surface area contributed by atoms with Gasteiger partial charge in [-0.1, -0.05) is 0 Å². The Morgan fingerprint density at radius 2 is 2.25 bits per heavy atom. The zero-order valence-electron chi connectivity index (χ0n) is 9.70. The van der Waals surface area contributed by atoms with Crippen LogP contribution in [0.15, 0.2) is 0 Å². The van der Waals surface area contributed by atoms with Crippen molar-refractivity contribution in [3.63, 3.8) is 0 Å². The van der Waals surface area contributed by atoms with Crippen molar-refractivity contribution in [2.24, 2.45) is 0 Å². The summed E-state index contributed by atoms with van der Waals surface area (Å²) in [7, 11) is 0. The van der Waals surface area contributed by atoms with Crippen LogP contribution >= 0.6 is 12.2 Å². The minimum Gasteiger partial charge on any atom is -0.368 e. The van der Waals surface area contributed by atoms with Crippen LogP contribution in [0.1, 0.15) is 27.2 Å². The van der Waals surface area contributed by atoms with Gasteiger partial charge >= 0.3 is 0 Å². The van der Waals surface area contributed by atoms with E-state index < -0.39 is 0 Å². The molecule has 0 aliphatic rings. The second-order valence-corrected chi connectivity index (χ2v) is 4.97. The number of hydrogen-bond acceptors (Lipinski definition) is 4. The second-order valence-electron chi connectivity index (χ2n) is 4.59. The third-order valence-corrected chi connectivity index (χ3v) is 2.18. The molecule has 0 spiro atoms. The third kappa shape index (κ3) is 3.65. The van der Waals surface area contributed by atoms with Crippen LogP contribution in [0, 0.1) is 4.77 Å². The van der Waals surface area contributed by atoms with Crippen molar-refractivity contribution in [1.82, 2.24) is 20.1 Å². The highest BCUT2D eigenvalue weighted by atomic mass is 32.1. The lowest BCUT2D eigenvalue weighted by atomic mass is 10.1. The molecule has 7 heteroatoms. The Labute approximate surface area is 99.2 Å². The largest absolute Gasteiger partial charge is 0.368 e. The number of nitrogens with two attached hydrogens (primary N) is 1. The molecular weight excluding hydrogens is 226 g/mol. The first kappa shape index (κ1) is 12.7. The first-order chi connectivity index (χ1) is 7.29. The fourth-order valence-electron chi connectivity index (χ4n) is 1.24. The van der Waals surface area contributed by atoms with E-state index in [9.17, 15) is 4.79 Å². The molecule has 0 saturated heterocycles. The molecule has 0 aliphatic heterocycles. The number of anilines is 1. The van der Waals surface area contributed by atoms with Gasteiger partial charge in [0.2, 0.25) is 11.9 Å². The van der Waals surface area contributed by atoms with Crippen molar-refractivity contribution in [1.29, 1.82) is 0 Å². The summed E-state index contributed by atoms with van der Waals surface area (Å²) < 4.78 is 2.03. The normalized spacial score (nSPS) is 11.4. The number of H-pyrrole nitrogens is 1. The lowest BCUT2D eigenvalue weighted by Gasteiger charge is -2.20. The van der Waals surface area contributed by atoms with E-state index in [1.807, 2.05) is 20.8 Å². The van der Waals surface area contributed by atoms with Crippen molar-refractivity contribution < 1.29 is 4.79 Å². The minimum atomic E-state index is -0.222. The minimum absolute atomic E-state index is 0.0324. The Hall–Kier alpha value is -1.37. The van der Waals surface area contributed by atoms with Crippen molar-refractivity contribution in [2.75, 3.05) is 5.73 Å². The number of carbonyl (C=O) groups is 1. The zero-order valence-corrected chi connectivity index (χ0v) is 10.5. The monoisotopic (exact) mass is 243 g/mol. The van der Waals surface area contributed by atoms with E-state index in [1.54, 1.807) is 4.57 Å². The average molecular weight is 243 g/mol. The molecule has 0 atom stereocenters. The summed E-state index contributed by atoms with van der Waals surface area (Å²) in [4.78, 5) is 11.5. The van der Waals surface area contributed by atoms with Gasteiger partial charge in [-0.25, -0.2) is 5.10 Å². The van der Waals surface area contributed by atoms with Crippen LogP contribution in [0.5, 0.6) is 0 Å². The van der Waals surface area contributed by atoms with Gasteiger partial charge in [0.25, 0.3) is 0 Å². The molecule has 90 valence electrons. The number of aromatic amines is 1. The topological polar surface area (TPSA) is 88.7 Å². The summed E-state index contributed by atoms with van der Waals surface area (Å²) in [6, 6.07) is 0. The Kier molecular flexibility index (Phi) is 3.69. The first-order valence-corrected chi connectivity index (χ1v) is 5.42. The van der Waals surface area contributed by atoms with E-state index in [4.69, 9.17) is 18.0 Å². The van der Waals surface area contributed by atoms with E-state index in [-0.39, 0.29) is 11.4 Å². The van der Waals surface area contributed by atoms with Gasteiger partial charge in [-0.3, -0.25) is 9.36 Å². The average Bonchev–Trinajstić information content (AvgIpc) is 2.41. The highest BCUT2D eigenvalue weighted by Gasteiger charge is 2.13. The van der Waals surface area contributed by atoms with Crippen molar-refractivity contribution >= 4 is 24.1 Å². The molecule has 0 bridgehead atoms. The maximum atomic E-state index is 11.5. The van der Waals surface area contributed by atoms with Gasteiger partial charge in [0.05, 0.1) is 0 Å². The lowest BCUT2D eigenvalue weighted by molar-refractivity contribution is -0.122. The molecule has 1 aromatic heterocycles. The number of aromatic nitrogens is 3. The van der Waals surface area contributed by atoms with E-state index >= 15 is 0 Å². The lowest BCUT2D eigenvalue weighted by Crippen LogP contribution is -2.40. The number of carbonyl (C=O) groups excluding carboxylic acids is 1. The number of hydrogen-bond donors (Lipinski definition) is 3. The van der Waals surface area contributed by atoms with Crippen LogP contribution in [0.4, 0.5) is 5.95 Å². The third-order valence-electron chi connectivity index (χ3n) is 1.86. The number of amides is 1. The Balaban J connectivity index is 2.53. The van der Waals surface area contributed by atoms with Gasteiger partial charge in [-0.05, 0) is 33.0 Å². The molecule has 16 heavy (non-hydrogen) atoms. The molecule has 1 heterocycles. The zero-order chi connectivity index (χ0) is 12.3. The number of nitrogens with zero attached hydrogens (tertiary/aromatic N) is 2. The van der Waals surface area contributed by atoms with Gasteiger partial charge in [0.1, 0.15) is 0 Å². The smallest absolute Gasteiger partial charge is 0.222 e. The summed E-state index contributed by atoms with van der Waals surface area (Å²) in [5, 5.41) is 9.19. The molecule has 0 radical (unpaired) electrons. The standard InChI is InChI=1S/C9H17N5OS/c1-9(2,3)11-6(15)4-5-14-7(10)12-13-8(14)16/h4-5H2,1-3H3,(H2,10,12)(H,11,15)(H,13,16). The van der Waals surface area contributed by atoms with Gasteiger partial charge in [-0.15, -0.1) is 5.10 Å². The first-order valence-electron chi connectivity index (χ1n) is 5.01. The molecule has 4 N–H and O–H groups in total. The Bertz CT molecular complexity index is 428. The summed E-state index contributed by atoms with van der Waals surface area (Å²) in [6.07, 6.45) is 0.329. The van der Waals surface area contributed by atoms with Crippen molar-refractivity contribution in [2.45, 2.75) is 39.3 Å². The summed E-state index contributed by atoms with van der Waals surface area (Å²) in [5.41, 5.74) is 5.36. The quantitative estimate of drug-likeness (QED) is 0.686. The molecule has 0 aromatic carbocycles. The summed E-state index contributed by atoms with van der Waals surface area (Å²) >= 11 is 4.97. The molecule has 1 aromatic rings. The predicted molar refractivity (Wildman–Crippen MR) is 64.3 cm³/mol. The summed E-state index contributed by atoms with van der Waals surface area (Å²) in [6.45, 7) is 6.23. The SMILES string of the molecule is CC(C)(C)NC(=O)CCn1c(N)n[nH]c1=S. The van der Waals surface area contributed by atoms with Gasteiger partial charge < -0.3 is 11.1 Å². The molecule has 1 rings (SSSR count). The molecule has 0 unspecified atom stereocenters. The van der Waals surface area contributed by atoms with Crippen LogP contribution in [-0.4, -0.2) is 26.2 Å². The Morgan fingerprint density at radius 3 is 2.69 bits per heavy atom. The van der Waals surface area contributed by atoms with E-state index in [0.29, 0.717) is 23.7 Å². The van der Waals surface area contributed by atoms with Gasteiger partial charge in [-0.2, -0.15) is 0 Å². The van der Waals surface area contributed by atoms with E-state index in [2.05, 4.69) is 15.5 Å². The van der Waals surface area contributed by atoms with Crippen molar-refractivity contribution in [3.8, 4) is 0 Å². The summed E-state index contributed by atoms with van der Waals surface area (Å²) in [5.74, 6) is 0.267. The van der Waals surface area contributed by atoms with E-state index in [0.717, 1.165) is 0 Å². The van der Waals surface area contributed by atoms with Gasteiger partial charge in [0.15, 0.2) is 4.77 Å². The fourth-order valence-corrected chi connectivity index (χ4v) is 1.47. The van der Waals surface area contributed by atoms with Crippen molar-refractivity contribution in [3.05, 3.63) is 4.77 Å². The van der Waals surface area contributed by atoms with Gasteiger partial charge in [0, 0.05) is 18.5 Å². The molecule has 1 amide bonds. The maximum Gasteiger partial charge on any atom is 0.222 e. The van der Waals surface area contributed by atoms with Crippen LogP contribution in [0.25, 0.3) is 0 Å². The Morgan fingerprint density at radius 1 is 1.62 bits per heavy atom. The maximum absolute atomic E-state index is 11.5. The van der Waals surface area contributed by atoms with Crippen LogP contribution in [0.2, 0.25) is 0 Å². The highest BCUT2D eigenvalue weighted by Crippen LogP contribution is 2.03. The van der Waals surface area contributed by atoms with Crippen LogP contribution < -0.4 is 11.1 Å². The number of nitrogens with one attached hydrogen (secondary N) is 2. The molecule has 0 aliphatic carbocycles. The molecule has 0 saturated carbocycles. The molecule has 0 fully saturated rings. The highest BCUT2D eigenvalue weighted by molar-refractivity contribution is 7.71. The molecular formula is C9H17N5OS. The fraction of sp³-hybridized carbons (Fsp3) is 0.667. The predicted octanol–water partition coefficient (Wildman–Crippen LogP) is 0.828. The number of rotatable bonds is 3. The van der Waals surface area contributed by atoms with E-state index in [1.165, 1.54) is 0 Å². The van der Waals surface area contributed by atoms with Crippen LogP contribution in [-0.2, 0) is 11.3 Å². The number of nitrogen functional groups attached to an aromatic ring is 1. The molecule has 6 nitrogen and oxygen atoms in total. The second kappa shape index (κ2) is 4.65.